The molecule has 0 saturated heterocycles. The number of aliphatic hydroxyl groups is 1. The second-order valence-electron chi connectivity index (χ2n) is 9.36. The predicted molar refractivity (Wildman–Crippen MR) is 125 cm³/mol. The molecule has 1 rings (SSSR count). The molecule has 11 nitrogen and oxygen atoms in total. The number of nitrogen functional groups attached to an aromatic ring is 1. The quantitative estimate of drug-likeness (QED) is 0.181. The Morgan fingerprint density at radius 2 is 1.33 bits per heavy atom. The number of benzene rings is 1. The topological polar surface area (TPSA) is 164 Å². The minimum atomic E-state index is -1.10. The molecule has 0 radical (unpaired) electrons. The Morgan fingerprint density at radius 3 is 1.85 bits per heavy atom. The summed E-state index contributed by atoms with van der Waals surface area (Å²) in [5, 5.41) is 21.0. The number of nitrogens with one attached hydrogen (secondary N) is 4. The van der Waals surface area contributed by atoms with Crippen molar-refractivity contribution in [1.82, 2.24) is 21.3 Å². The van der Waals surface area contributed by atoms with Gasteiger partial charge in [0.2, 0.25) is 0 Å². The summed E-state index contributed by atoms with van der Waals surface area (Å²) in [6, 6.07) is 4.53. The van der Waals surface area contributed by atoms with Crippen LogP contribution in [0.15, 0.2) is 18.2 Å². The number of hydrogen-bond donors (Lipinski definition) is 6. The zero-order valence-electron chi connectivity index (χ0n) is 20.2. The van der Waals surface area contributed by atoms with E-state index in [9.17, 15) is 19.5 Å². The van der Waals surface area contributed by atoms with Crippen LogP contribution in [0.1, 0.15) is 63.7 Å². The van der Waals surface area contributed by atoms with Crippen molar-refractivity contribution in [2.45, 2.75) is 59.0 Å². The van der Waals surface area contributed by atoms with Crippen LogP contribution in [0, 0.1) is 0 Å². The first-order valence-corrected chi connectivity index (χ1v) is 10.7. The van der Waals surface area contributed by atoms with Crippen LogP contribution in [0.5, 0.6) is 0 Å². The number of amides is 3. The fourth-order valence-corrected chi connectivity index (χ4v) is 2.53. The molecule has 186 valence electrons. The summed E-state index contributed by atoms with van der Waals surface area (Å²) in [4.78, 5) is 35.7. The van der Waals surface area contributed by atoms with Gasteiger partial charge in [-0.05, 0) is 65.3 Å². The van der Waals surface area contributed by atoms with Crippen molar-refractivity contribution in [3.63, 3.8) is 0 Å². The number of carbonyl (C=O) groups is 3. The average molecular weight is 468 g/mol. The van der Waals surface area contributed by atoms with Gasteiger partial charge in [-0.25, -0.2) is 9.59 Å². The van der Waals surface area contributed by atoms with Gasteiger partial charge in [0.25, 0.3) is 5.91 Å². The zero-order chi connectivity index (χ0) is 25.2. The van der Waals surface area contributed by atoms with Gasteiger partial charge in [0.1, 0.15) is 17.4 Å². The van der Waals surface area contributed by atoms with E-state index in [2.05, 4.69) is 21.3 Å². The van der Waals surface area contributed by atoms with E-state index in [0.29, 0.717) is 11.3 Å². The van der Waals surface area contributed by atoms with Crippen LogP contribution in [0.4, 0.5) is 15.3 Å². The lowest BCUT2D eigenvalue weighted by Crippen LogP contribution is -2.38. The number of carbonyl (C=O) groups excluding carboxylic acids is 3. The smallest absolute Gasteiger partial charge is 0.407 e. The molecule has 7 N–H and O–H groups in total. The first-order chi connectivity index (χ1) is 15.2. The van der Waals surface area contributed by atoms with E-state index in [1.54, 1.807) is 47.6 Å². The van der Waals surface area contributed by atoms with Crippen molar-refractivity contribution < 1.29 is 29.0 Å². The van der Waals surface area contributed by atoms with Gasteiger partial charge in [-0.15, -0.1) is 0 Å². The molecule has 0 aliphatic rings. The van der Waals surface area contributed by atoms with Gasteiger partial charge in [-0.2, -0.15) is 0 Å². The third-order valence-corrected chi connectivity index (χ3v) is 3.77. The number of hydrogen-bond acceptors (Lipinski definition) is 8. The zero-order valence-corrected chi connectivity index (χ0v) is 20.2. The van der Waals surface area contributed by atoms with Crippen molar-refractivity contribution in [1.29, 1.82) is 0 Å². The Balaban J connectivity index is 2.50. The Hall–Kier alpha value is -3.05. The van der Waals surface area contributed by atoms with Crippen molar-refractivity contribution in [2.75, 3.05) is 31.9 Å². The molecule has 3 amide bonds. The summed E-state index contributed by atoms with van der Waals surface area (Å²) in [6.45, 7) is 11.4. The summed E-state index contributed by atoms with van der Waals surface area (Å²) in [5.74, 6) is -0.409. The lowest BCUT2D eigenvalue weighted by molar-refractivity contribution is 0.0514. The summed E-state index contributed by atoms with van der Waals surface area (Å²) >= 11 is 0. The second kappa shape index (κ2) is 12.3. The highest BCUT2D eigenvalue weighted by Gasteiger charge is 2.17. The van der Waals surface area contributed by atoms with Crippen molar-refractivity contribution in [2.24, 2.45) is 0 Å². The third-order valence-electron chi connectivity index (χ3n) is 3.77. The maximum atomic E-state index is 12.4. The Kier molecular flexibility index (Phi) is 10.4. The van der Waals surface area contributed by atoms with Crippen LogP contribution in [-0.2, 0) is 9.47 Å². The molecule has 1 aromatic carbocycles. The van der Waals surface area contributed by atoms with E-state index in [4.69, 9.17) is 15.2 Å². The van der Waals surface area contributed by atoms with E-state index in [0.717, 1.165) is 0 Å². The van der Waals surface area contributed by atoms with Crippen molar-refractivity contribution >= 4 is 23.8 Å². The lowest BCUT2D eigenvalue weighted by Gasteiger charge is -2.20. The molecule has 11 heteroatoms. The van der Waals surface area contributed by atoms with Gasteiger partial charge < -0.3 is 36.3 Å². The first kappa shape index (κ1) is 28.0. The fraction of sp³-hybridized carbons (Fsp3) is 0.591. The highest BCUT2D eigenvalue weighted by atomic mass is 16.6. The van der Waals surface area contributed by atoms with Crippen LogP contribution in [0.3, 0.4) is 0 Å². The molecule has 1 unspecified atom stereocenters. The lowest BCUT2D eigenvalue weighted by atomic mass is 10.1. The second-order valence-corrected chi connectivity index (χ2v) is 9.36. The van der Waals surface area contributed by atoms with Crippen LogP contribution in [-0.4, -0.2) is 60.6 Å². The standard InChI is InChI=1S/C22H37N5O6/c1-21(2,3)32-19(30)26-9-7-24-17(28)14-11-15(13-16(23)12-14)18(29)25-8-10-27-20(31)33-22(4,5)6/h11-13,17,24,28H,7-10,23H2,1-6H3,(H,25,29)(H,26,30)(H,27,31). The maximum Gasteiger partial charge on any atom is 0.407 e. The molecule has 1 aromatic rings. The van der Waals surface area contributed by atoms with Gasteiger partial charge in [-0.1, -0.05) is 0 Å². The minimum absolute atomic E-state index is 0.180. The molecule has 0 bridgehead atoms. The molecule has 0 aliphatic carbocycles. The SMILES string of the molecule is CC(C)(C)OC(=O)NCCNC(=O)c1cc(N)cc(C(O)NCCNC(=O)OC(C)(C)C)c1. The predicted octanol–water partition coefficient (Wildman–Crippen LogP) is 1.63. The Morgan fingerprint density at radius 1 is 0.848 bits per heavy atom. The largest absolute Gasteiger partial charge is 0.444 e. The van der Waals surface area contributed by atoms with Crippen LogP contribution < -0.4 is 27.0 Å². The molecule has 0 aliphatic heterocycles. The highest BCUT2D eigenvalue weighted by molar-refractivity contribution is 5.95. The van der Waals surface area contributed by atoms with E-state index >= 15 is 0 Å². The molecule has 0 heterocycles. The van der Waals surface area contributed by atoms with E-state index < -0.39 is 35.5 Å². The van der Waals surface area contributed by atoms with E-state index in [1.165, 1.54) is 12.1 Å². The number of aliphatic hydroxyl groups excluding tert-OH is 1. The number of nitrogens with two attached hydrogens (primary N) is 1. The maximum absolute atomic E-state index is 12.4. The van der Waals surface area contributed by atoms with Crippen molar-refractivity contribution in [3.05, 3.63) is 29.3 Å². The number of ether oxygens (including phenoxy) is 2. The molecule has 33 heavy (non-hydrogen) atoms. The van der Waals surface area contributed by atoms with Crippen LogP contribution >= 0.6 is 0 Å². The fourth-order valence-electron chi connectivity index (χ4n) is 2.53. The highest BCUT2D eigenvalue weighted by Crippen LogP contribution is 2.17. The summed E-state index contributed by atoms with van der Waals surface area (Å²) < 4.78 is 10.2. The molecular formula is C22H37N5O6. The molecule has 0 aromatic heterocycles. The first-order valence-electron chi connectivity index (χ1n) is 10.7. The molecule has 1 atom stereocenters. The molecule has 0 fully saturated rings. The summed E-state index contributed by atoms with van der Waals surface area (Å²) in [7, 11) is 0. The Labute approximate surface area is 194 Å². The number of alkyl carbamates (subject to hydrolysis) is 2. The molecule has 0 spiro atoms. The van der Waals surface area contributed by atoms with Gasteiger partial charge in [0, 0.05) is 37.4 Å². The molecule has 0 saturated carbocycles. The minimum Gasteiger partial charge on any atom is -0.444 e. The number of anilines is 1. The normalized spacial score (nSPS) is 12.5. The van der Waals surface area contributed by atoms with Gasteiger partial charge in [0.05, 0.1) is 0 Å². The monoisotopic (exact) mass is 467 g/mol. The van der Waals surface area contributed by atoms with Gasteiger partial charge >= 0.3 is 12.2 Å². The van der Waals surface area contributed by atoms with E-state index in [-0.39, 0.29) is 31.7 Å². The summed E-state index contributed by atoms with van der Waals surface area (Å²) in [6.07, 6.45) is -2.23. The van der Waals surface area contributed by atoms with Crippen LogP contribution in [0.25, 0.3) is 0 Å². The van der Waals surface area contributed by atoms with E-state index in [1.807, 2.05) is 0 Å². The summed E-state index contributed by atoms with van der Waals surface area (Å²) in [5.41, 5.74) is 5.63. The Bertz CT molecular complexity index is 816. The van der Waals surface area contributed by atoms with Gasteiger partial charge in [0.15, 0.2) is 0 Å². The van der Waals surface area contributed by atoms with Crippen molar-refractivity contribution in [3.8, 4) is 0 Å². The third kappa shape index (κ3) is 12.5. The number of rotatable bonds is 9. The van der Waals surface area contributed by atoms with Crippen LogP contribution in [0.2, 0.25) is 0 Å². The average Bonchev–Trinajstić information content (AvgIpc) is 2.65. The van der Waals surface area contributed by atoms with Gasteiger partial charge in [-0.3, -0.25) is 10.1 Å². The molecular weight excluding hydrogens is 430 g/mol.